The minimum absolute atomic E-state index is 0.165. The summed E-state index contributed by atoms with van der Waals surface area (Å²) in [5.74, 6) is -1.37. The maximum absolute atomic E-state index is 13.7. The topological polar surface area (TPSA) is 73.5 Å². The molecule has 0 spiro atoms. The lowest BCUT2D eigenvalue weighted by molar-refractivity contribution is -0.122. The molecule has 0 bridgehead atoms. The van der Waals surface area contributed by atoms with E-state index in [0.29, 0.717) is 10.7 Å². The fraction of sp³-hybridized carbons (Fsp3) is 0.292. The number of H-pyrrole nitrogens is 1. The van der Waals surface area contributed by atoms with Crippen molar-refractivity contribution in [3.63, 3.8) is 0 Å². The summed E-state index contributed by atoms with van der Waals surface area (Å²) in [6, 6.07) is 15.4. The molecule has 0 aliphatic carbocycles. The van der Waals surface area contributed by atoms with Crippen LogP contribution in [-0.4, -0.2) is 35.1 Å². The Labute approximate surface area is 208 Å². The van der Waals surface area contributed by atoms with E-state index in [9.17, 15) is 14.4 Å². The highest BCUT2D eigenvalue weighted by Gasteiger charge is 2.56. The van der Waals surface area contributed by atoms with Gasteiger partial charge in [0.05, 0.1) is 16.6 Å². The smallest absolute Gasteiger partial charge is 0.305 e. The number of nitrogens with zero attached hydrogens (tertiary/aromatic N) is 2. The molecule has 5 rings (SSSR count). The number of thiazole rings is 1. The number of aromatic nitrogens is 1. The Hall–Kier alpha value is -2.36. The van der Waals surface area contributed by atoms with Gasteiger partial charge >= 0.3 is 4.87 Å². The number of hydrogen-bond donors (Lipinski definition) is 1. The van der Waals surface area contributed by atoms with Crippen molar-refractivity contribution in [1.82, 2.24) is 4.98 Å². The van der Waals surface area contributed by atoms with Gasteiger partial charge in [0, 0.05) is 34.0 Å². The first-order valence-corrected chi connectivity index (χ1v) is 13.3. The van der Waals surface area contributed by atoms with Gasteiger partial charge in [0.25, 0.3) is 0 Å². The number of anilines is 2. The van der Waals surface area contributed by atoms with Gasteiger partial charge in [0.1, 0.15) is 5.25 Å². The average Bonchev–Trinajstić information content (AvgIpc) is 3.30. The quantitative estimate of drug-likeness (QED) is 0.466. The lowest BCUT2D eigenvalue weighted by Gasteiger charge is -2.30. The number of hydrogen-bond acceptors (Lipinski definition) is 6. The monoisotopic (exact) mass is 543 g/mol. The van der Waals surface area contributed by atoms with E-state index in [1.54, 1.807) is 12.1 Å². The molecule has 170 valence electrons. The van der Waals surface area contributed by atoms with Gasteiger partial charge in [-0.15, -0.1) is 0 Å². The molecule has 9 heteroatoms. The second kappa shape index (κ2) is 8.77. The van der Waals surface area contributed by atoms with Crippen LogP contribution < -0.4 is 14.7 Å². The molecule has 6 nitrogen and oxygen atoms in total. The SMILES string of the molecule is CCN(CC)c1ccc([C@@H]2c3sc(=O)[nH]c3S[C@H]3C(=O)N(c4ccc(Br)cc4)C(=O)[C@@H]23)cc1. The standard InChI is InChI=1S/C24H22BrN3O3S2/c1-3-27(4-2)15-9-5-13(6-10-15)17-18-20(32-21-19(17)33-24(31)26-21)23(30)28(22(18)29)16-11-7-14(25)8-12-16/h5-12,17-18,20H,3-4H2,1-2H3,(H,26,31)/t17-,18-,20+/m0/s1. The molecule has 1 N–H and O–H groups in total. The van der Waals surface area contributed by atoms with E-state index in [1.165, 1.54) is 16.7 Å². The Morgan fingerprint density at radius 1 is 0.970 bits per heavy atom. The molecule has 2 aliphatic heterocycles. The highest BCUT2D eigenvalue weighted by Crippen LogP contribution is 2.53. The molecule has 3 atom stereocenters. The largest absolute Gasteiger partial charge is 0.372 e. The number of amides is 2. The highest BCUT2D eigenvalue weighted by molar-refractivity contribution is 9.10. The summed E-state index contributed by atoms with van der Waals surface area (Å²) in [6.07, 6.45) is 0. The summed E-state index contributed by atoms with van der Waals surface area (Å²) in [4.78, 5) is 46.4. The average molecular weight is 544 g/mol. The van der Waals surface area contributed by atoms with Gasteiger partial charge in [-0.1, -0.05) is 51.2 Å². The zero-order valence-corrected chi connectivity index (χ0v) is 21.3. The van der Waals surface area contributed by atoms with E-state index in [0.717, 1.165) is 45.0 Å². The number of imide groups is 1. The van der Waals surface area contributed by atoms with Crippen molar-refractivity contribution in [3.05, 3.63) is 73.1 Å². The third-order valence-electron chi connectivity index (χ3n) is 6.29. The van der Waals surface area contributed by atoms with E-state index in [-0.39, 0.29) is 22.6 Å². The first-order valence-electron chi connectivity index (χ1n) is 10.8. The zero-order valence-electron chi connectivity index (χ0n) is 18.1. The Morgan fingerprint density at radius 2 is 1.64 bits per heavy atom. The maximum atomic E-state index is 13.7. The normalized spacial score (nSPS) is 21.8. The second-order valence-corrected chi connectivity index (χ2v) is 11.1. The van der Waals surface area contributed by atoms with Gasteiger partial charge in [0.2, 0.25) is 11.8 Å². The van der Waals surface area contributed by atoms with Crippen LogP contribution in [0.5, 0.6) is 0 Å². The molecule has 3 aromatic rings. The third kappa shape index (κ3) is 3.76. The molecule has 33 heavy (non-hydrogen) atoms. The molecule has 1 saturated heterocycles. The predicted octanol–water partition coefficient (Wildman–Crippen LogP) is 4.84. The molecule has 1 fully saturated rings. The number of rotatable bonds is 5. The Bertz CT molecular complexity index is 1270. The van der Waals surface area contributed by atoms with E-state index in [1.807, 2.05) is 24.3 Å². The molecule has 0 saturated carbocycles. The summed E-state index contributed by atoms with van der Waals surface area (Å²) < 4.78 is 0.878. The summed E-state index contributed by atoms with van der Waals surface area (Å²) in [7, 11) is 0. The van der Waals surface area contributed by atoms with Crippen LogP contribution in [0.15, 0.2) is 62.8 Å². The fourth-order valence-corrected chi connectivity index (χ4v) is 7.48. The highest BCUT2D eigenvalue weighted by atomic mass is 79.9. The van der Waals surface area contributed by atoms with E-state index in [2.05, 4.69) is 51.8 Å². The number of halogens is 1. The molecule has 2 aromatic carbocycles. The van der Waals surface area contributed by atoms with Gasteiger partial charge < -0.3 is 9.88 Å². The number of nitrogens with one attached hydrogen (secondary N) is 1. The van der Waals surface area contributed by atoms with Gasteiger partial charge in [-0.3, -0.25) is 14.4 Å². The van der Waals surface area contributed by atoms with E-state index in [4.69, 9.17) is 0 Å². The molecule has 2 aliphatic rings. The summed E-state index contributed by atoms with van der Waals surface area (Å²) in [5.41, 5.74) is 2.62. The lowest BCUT2D eigenvalue weighted by atomic mass is 9.83. The zero-order chi connectivity index (χ0) is 23.3. The minimum atomic E-state index is -0.577. The molecule has 3 heterocycles. The Kier molecular flexibility index (Phi) is 5.96. The number of carbonyl (C=O) groups is 2. The molecular weight excluding hydrogens is 522 g/mol. The van der Waals surface area contributed by atoms with Gasteiger partial charge in [-0.25, -0.2) is 4.90 Å². The third-order valence-corrected chi connectivity index (χ3v) is 9.22. The van der Waals surface area contributed by atoms with Crippen molar-refractivity contribution < 1.29 is 9.59 Å². The van der Waals surface area contributed by atoms with Crippen LogP contribution in [0.3, 0.4) is 0 Å². The molecule has 0 radical (unpaired) electrons. The number of fused-ring (bicyclic) bond motifs is 2. The maximum Gasteiger partial charge on any atom is 0.305 e. The Morgan fingerprint density at radius 3 is 2.27 bits per heavy atom. The van der Waals surface area contributed by atoms with Crippen molar-refractivity contribution >= 4 is 62.2 Å². The van der Waals surface area contributed by atoms with Crippen LogP contribution in [0.1, 0.15) is 30.2 Å². The predicted molar refractivity (Wildman–Crippen MR) is 137 cm³/mol. The van der Waals surface area contributed by atoms with Gasteiger partial charge in [0.15, 0.2) is 0 Å². The van der Waals surface area contributed by atoms with Crippen LogP contribution in [0.25, 0.3) is 0 Å². The van der Waals surface area contributed by atoms with Crippen molar-refractivity contribution in [1.29, 1.82) is 0 Å². The van der Waals surface area contributed by atoms with Crippen molar-refractivity contribution in [3.8, 4) is 0 Å². The number of carbonyl (C=O) groups excluding carboxylic acids is 2. The summed E-state index contributed by atoms with van der Waals surface area (Å²) in [6.45, 7) is 6.03. The number of benzene rings is 2. The number of thioether (sulfide) groups is 1. The van der Waals surface area contributed by atoms with Crippen LogP contribution in [0.4, 0.5) is 11.4 Å². The van der Waals surface area contributed by atoms with Crippen LogP contribution in [-0.2, 0) is 9.59 Å². The molecule has 1 aromatic heterocycles. The van der Waals surface area contributed by atoms with Crippen molar-refractivity contribution in [2.45, 2.75) is 30.0 Å². The minimum Gasteiger partial charge on any atom is -0.372 e. The van der Waals surface area contributed by atoms with Crippen LogP contribution >= 0.6 is 39.0 Å². The van der Waals surface area contributed by atoms with Crippen LogP contribution in [0, 0.1) is 5.92 Å². The first-order chi connectivity index (χ1) is 15.9. The number of aromatic amines is 1. The Balaban J connectivity index is 1.59. The first kappa shape index (κ1) is 22.4. The van der Waals surface area contributed by atoms with E-state index < -0.39 is 11.2 Å². The van der Waals surface area contributed by atoms with Crippen molar-refractivity contribution in [2.75, 3.05) is 22.9 Å². The lowest BCUT2D eigenvalue weighted by Crippen LogP contribution is -2.32. The van der Waals surface area contributed by atoms with Gasteiger partial charge in [-0.2, -0.15) is 0 Å². The molecular formula is C24H22BrN3O3S2. The fourth-order valence-electron chi connectivity index (χ4n) is 4.70. The van der Waals surface area contributed by atoms with E-state index >= 15 is 0 Å². The van der Waals surface area contributed by atoms with Gasteiger partial charge in [-0.05, 0) is 55.8 Å². The molecule has 0 unspecified atom stereocenters. The second-order valence-electron chi connectivity index (χ2n) is 8.00. The summed E-state index contributed by atoms with van der Waals surface area (Å²) in [5, 5.41) is 0.120. The summed E-state index contributed by atoms with van der Waals surface area (Å²) >= 11 is 5.84. The van der Waals surface area contributed by atoms with Crippen molar-refractivity contribution in [2.24, 2.45) is 5.92 Å². The van der Waals surface area contributed by atoms with Crippen LogP contribution in [0.2, 0.25) is 0 Å². The molecule has 2 amide bonds.